The predicted molar refractivity (Wildman–Crippen MR) is 136 cm³/mol. The minimum atomic E-state index is -5.08. The molecule has 1 unspecified atom stereocenters. The zero-order chi connectivity index (χ0) is 29.3. The number of benzene rings is 1. The van der Waals surface area contributed by atoms with Crippen molar-refractivity contribution < 1.29 is 37.0 Å². The number of anilines is 1. The van der Waals surface area contributed by atoms with Crippen molar-refractivity contribution in [3.05, 3.63) is 24.0 Å². The topological polar surface area (TPSA) is 184 Å². The van der Waals surface area contributed by atoms with Crippen molar-refractivity contribution in [2.45, 2.75) is 48.1 Å². The van der Waals surface area contributed by atoms with Gasteiger partial charge in [0.2, 0.25) is 6.79 Å². The summed E-state index contributed by atoms with van der Waals surface area (Å²) >= 11 is 1.23. The normalized spacial score (nSPS) is 16.0. The van der Waals surface area contributed by atoms with E-state index in [1.807, 2.05) is 4.57 Å². The fourth-order valence-electron chi connectivity index (χ4n) is 4.70. The monoisotopic (exact) mass is 592 g/mol. The lowest BCUT2D eigenvalue weighted by Crippen LogP contribution is -2.51. The van der Waals surface area contributed by atoms with Crippen molar-refractivity contribution in [2.75, 3.05) is 25.6 Å². The van der Waals surface area contributed by atoms with Gasteiger partial charge in [0.05, 0.1) is 5.56 Å². The van der Waals surface area contributed by atoms with Crippen LogP contribution in [0.4, 0.5) is 23.8 Å². The molecule has 2 aliphatic heterocycles. The third-order valence-corrected chi connectivity index (χ3v) is 7.82. The van der Waals surface area contributed by atoms with Crippen molar-refractivity contribution >= 4 is 40.7 Å². The number of nitrogen functional groups attached to an aromatic ring is 1. The number of imidazole rings is 1. The number of hydrogen-bond acceptors (Lipinski definition) is 11. The number of nitrogens with two attached hydrogens (primary N) is 2. The van der Waals surface area contributed by atoms with E-state index >= 15 is 0 Å². The van der Waals surface area contributed by atoms with E-state index in [-0.39, 0.29) is 31.6 Å². The molecule has 2 aliphatic rings. The molecular weight excluding hydrogens is 569 g/mol. The highest BCUT2D eigenvalue weighted by atomic mass is 32.2. The number of carbonyl (C=O) groups is 2. The maximum absolute atomic E-state index is 13.3. The largest absolute Gasteiger partial charge is 0.454 e. The highest BCUT2D eigenvalue weighted by Gasteiger charge is 2.50. The Hall–Kier alpha value is -4.46. The summed E-state index contributed by atoms with van der Waals surface area (Å²) in [6.45, 7) is 0.597. The van der Waals surface area contributed by atoms with Crippen LogP contribution in [0.3, 0.4) is 0 Å². The standard InChI is InChI=1S/C24H23F3N8O5S/c25-24(26,27)18(40-22(30)37)21(36)34-4-1-12(2-5-34)3-6-35-20-17(19(29)31-10-32-20)33-23(35)41-16-8-15-14(38-11-39-15)7-13(16)9-28/h7-8,10,12,18H,1-6,11H2,(H2,30,37)(H2,29,31,32). The summed E-state index contributed by atoms with van der Waals surface area (Å²) in [7, 11) is 0. The van der Waals surface area contributed by atoms with Gasteiger partial charge in [-0.1, -0.05) is 11.8 Å². The van der Waals surface area contributed by atoms with Gasteiger partial charge in [-0.3, -0.25) is 4.79 Å². The van der Waals surface area contributed by atoms with Gasteiger partial charge in [0.15, 0.2) is 33.6 Å². The summed E-state index contributed by atoms with van der Waals surface area (Å²) in [5, 5.41) is 10.2. The van der Waals surface area contributed by atoms with Gasteiger partial charge in [0, 0.05) is 30.6 Å². The molecule has 0 bridgehead atoms. The molecule has 2 amide bonds. The number of aromatic nitrogens is 4. The molecule has 13 nitrogen and oxygen atoms in total. The van der Waals surface area contributed by atoms with Crippen molar-refractivity contribution in [3.8, 4) is 17.6 Å². The minimum absolute atomic E-state index is 0.0540. The summed E-state index contributed by atoms with van der Waals surface area (Å²) in [5.74, 6) is -0.120. The minimum Gasteiger partial charge on any atom is -0.454 e. The summed E-state index contributed by atoms with van der Waals surface area (Å²) in [4.78, 5) is 38.0. The number of halogens is 3. The first-order valence-electron chi connectivity index (χ1n) is 12.3. The summed E-state index contributed by atoms with van der Waals surface area (Å²) in [6.07, 6.45) is -6.91. The predicted octanol–water partition coefficient (Wildman–Crippen LogP) is 2.81. The number of amides is 2. The molecule has 2 aromatic heterocycles. The van der Waals surface area contributed by atoms with Gasteiger partial charge in [-0.05, 0) is 31.2 Å². The van der Waals surface area contributed by atoms with Crippen LogP contribution in [0.2, 0.25) is 0 Å². The Balaban J connectivity index is 1.31. The third kappa shape index (κ3) is 5.87. The average molecular weight is 593 g/mol. The summed E-state index contributed by atoms with van der Waals surface area (Å²) < 4.78 is 56.5. The molecule has 1 aromatic carbocycles. The van der Waals surface area contributed by atoms with Gasteiger partial charge < -0.3 is 35.1 Å². The molecule has 5 rings (SSSR count). The molecule has 4 heterocycles. The van der Waals surface area contributed by atoms with E-state index in [4.69, 9.17) is 20.9 Å². The van der Waals surface area contributed by atoms with E-state index in [1.54, 1.807) is 12.1 Å². The second kappa shape index (κ2) is 11.2. The Morgan fingerprint density at radius 3 is 2.59 bits per heavy atom. The fourth-order valence-corrected chi connectivity index (χ4v) is 5.70. The van der Waals surface area contributed by atoms with E-state index in [1.165, 1.54) is 18.1 Å². The van der Waals surface area contributed by atoms with Crippen LogP contribution in [0.5, 0.6) is 11.5 Å². The first-order valence-corrected chi connectivity index (χ1v) is 13.2. The van der Waals surface area contributed by atoms with Crippen LogP contribution in [0.1, 0.15) is 24.8 Å². The highest BCUT2D eigenvalue weighted by Crippen LogP contribution is 2.41. The van der Waals surface area contributed by atoms with Gasteiger partial charge in [0.25, 0.3) is 12.0 Å². The lowest BCUT2D eigenvalue weighted by atomic mass is 9.93. The molecule has 41 heavy (non-hydrogen) atoms. The van der Waals surface area contributed by atoms with Gasteiger partial charge >= 0.3 is 12.3 Å². The second-order valence-corrected chi connectivity index (χ2v) is 10.3. The first kappa shape index (κ1) is 28.1. The van der Waals surface area contributed by atoms with E-state index in [0.717, 1.165) is 4.90 Å². The maximum Gasteiger partial charge on any atom is 0.434 e. The number of rotatable bonds is 7. The Kier molecular flexibility index (Phi) is 7.67. The van der Waals surface area contributed by atoms with Crippen LogP contribution in [-0.4, -0.2) is 68.6 Å². The van der Waals surface area contributed by atoms with Crippen molar-refractivity contribution in [1.29, 1.82) is 5.26 Å². The van der Waals surface area contributed by atoms with Crippen LogP contribution in [-0.2, 0) is 16.1 Å². The molecule has 0 saturated carbocycles. The fraction of sp³-hybridized carbons (Fsp3) is 0.417. The first-order chi connectivity index (χ1) is 19.5. The van der Waals surface area contributed by atoms with Gasteiger partial charge in [-0.15, -0.1) is 0 Å². The van der Waals surface area contributed by atoms with Gasteiger partial charge in [-0.2, -0.15) is 18.4 Å². The Morgan fingerprint density at radius 1 is 1.22 bits per heavy atom. The number of carbonyl (C=O) groups excluding carboxylic acids is 2. The number of nitriles is 1. The molecule has 1 saturated heterocycles. The van der Waals surface area contributed by atoms with Crippen LogP contribution in [0, 0.1) is 17.2 Å². The number of fused-ring (bicyclic) bond motifs is 2. The van der Waals surface area contributed by atoms with Crippen molar-refractivity contribution in [3.63, 3.8) is 0 Å². The van der Waals surface area contributed by atoms with Gasteiger partial charge in [0.1, 0.15) is 12.4 Å². The summed E-state index contributed by atoms with van der Waals surface area (Å²) in [6, 6.07) is 5.45. The van der Waals surface area contributed by atoms with Crippen molar-refractivity contribution in [1.82, 2.24) is 24.4 Å². The van der Waals surface area contributed by atoms with E-state index in [0.29, 0.717) is 64.1 Å². The number of likely N-dealkylation sites (tertiary alicyclic amines) is 1. The zero-order valence-electron chi connectivity index (χ0n) is 21.3. The number of hydrogen-bond donors (Lipinski definition) is 2. The SMILES string of the molecule is N#Cc1cc2c(cc1Sc1nc3c(N)ncnc3n1CCC1CCN(C(=O)C(OC(N)=O)C(F)(F)F)CC1)OCO2. The van der Waals surface area contributed by atoms with E-state index < -0.39 is 24.3 Å². The molecule has 0 aliphatic carbocycles. The highest BCUT2D eigenvalue weighted by molar-refractivity contribution is 7.99. The molecule has 216 valence electrons. The van der Waals surface area contributed by atoms with E-state index in [2.05, 4.69) is 25.8 Å². The molecule has 0 radical (unpaired) electrons. The number of primary amides is 1. The molecule has 1 fully saturated rings. The Labute approximate surface area is 234 Å². The number of piperidine rings is 1. The van der Waals surface area contributed by atoms with E-state index in [9.17, 15) is 28.0 Å². The molecule has 0 spiro atoms. The lowest BCUT2D eigenvalue weighted by Gasteiger charge is -2.34. The quantitative estimate of drug-likeness (QED) is 0.411. The average Bonchev–Trinajstić information content (AvgIpc) is 3.53. The smallest absolute Gasteiger partial charge is 0.434 e. The third-order valence-electron chi connectivity index (χ3n) is 6.76. The molecular formula is C24H23F3N8O5S. The lowest BCUT2D eigenvalue weighted by molar-refractivity contribution is -0.210. The van der Waals surface area contributed by atoms with Gasteiger partial charge in [-0.25, -0.2) is 19.7 Å². The summed E-state index contributed by atoms with van der Waals surface area (Å²) in [5.41, 5.74) is 12.0. The van der Waals surface area contributed by atoms with Crippen LogP contribution >= 0.6 is 11.8 Å². The number of alkyl halides is 3. The molecule has 3 aromatic rings. The maximum atomic E-state index is 13.3. The Morgan fingerprint density at radius 2 is 1.93 bits per heavy atom. The molecule has 4 N–H and O–H groups in total. The Bertz CT molecular complexity index is 1530. The zero-order valence-corrected chi connectivity index (χ0v) is 22.1. The number of nitrogens with zero attached hydrogens (tertiary/aromatic N) is 6. The molecule has 17 heteroatoms. The van der Waals surface area contributed by atoms with Crippen molar-refractivity contribution in [2.24, 2.45) is 11.7 Å². The molecule has 1 atom stereocenters. The second-order valence-electron chi connectivity index (χ2n) is 9.31. The number of ether oxygens (including phenoxy) is 3. The van der Waals surface area contributed by atoms with Crippen LogP contribution in [0.25, 0.3) is 11.2 Å². The number of aryl methyl sites for hydroxylation is 1. The van der Waals surface area contributed by atoms with Crippen LogP contribution < -0.4 is 20.9 Å². The van der Waals surface area contributed by atoms with Crippen LogP contribution in [0.15, 0.2) is 28.5 Å².